The van der Waals surface area contributed by atoms with Crippen molar-refractivity contribution in [2.24, 2.45) is 0 Å². The molecule has 134 valence electrons. The molecule has 1 aliphatic rings. The molecule has 6 nitrogen and oxygen atoms in total. The summed E-state index contributed by atoms with van der Waals surface area (Å²) in [5.41, 5.74) is 1.19. The number of ether oxygens (including phenoxy) is 2. The summed E-state index contributed by atoms with van der Waals surface area (Å²) in [5.74, 6) is 2.07. The molecule has 0 saturated carbocycles. The van der Waals surface area contributed by atoms with Gasteiger partial charge in [-0.15, -0.1) is 0 Å². The first-order valence-electron chi connectivity index (χ1n) is 8.45. The third-order valence-corrected chi connectivity index (χ3v) is 4.48. The van der Waals surface area contributed by atoms with Crippen LogP contribution in [0.15, 0.2) is 30.5 Å². The SMILES string of the molecule is CCOc1ccnc(N2CCN(Cc3ccc(OC)c(Cl)c3)CC2)n1. The van der Waals surface area contributed by atoms with Gasteiger partial charge in [-0.05, 0) is 24.6 Å². The van der Waals surface area contributed by atoms with E-state index in [9.17, 15) is 0 Å². The molecule has 0 N–H and O–H groups in total. The number of methoxy groups -OCH3 is 1. The maximum Gasteiger partial charge on any atom is 0.228 e. The lowest BCUT2D eigenvalue weighted by atomic mass is 10.2. The number of halogens is 1. The average molecular weight is 363 g/mol. The van der Waals surface area contributed by atoms with E-state index in [-0.39, 0.29) is 0 Å². The Balaban J connectivity index is 1.56. The predicted octanol–water partition coefficient (Wildman–Crippen LogP) is 2.86. The van der Waals surface area contributed by atoms with Gasteiger partial charge in [0.05, 0.1) is 18.7 Å². The fourth-order valence-corrected chi connectivity index (χ4v) is 3.17. The van der Waals surface area contributed by atoms with Gasteiger partial charge in [-0.2, -0.15) is 4.98 Å². The van der Waals surface area contributed by atoms with Crippen LogP contribution < -0.4 is 14.4 Å². The summed E-state index contributed by atoms with van der Waals surface area (Å²) in [5, 5.41) is 0.653. The van der Waals surface area contributed by atoms with Crippen LogP contribution in [0.5, 0.6) is 11.6 Å². The summed E-state index contributed by atoms with van der Waals surface area (Å²) in [4.78, 5) is 13.4. The molecule has 1 aromatic carbocycles. The number of nitrogens with zero attached hydrogens (tertiary/aromatic N) is 4. The van der Waals surface area contributed by atoms with E-state index in [1.165, 1.54) is 5.56 Å². The maximum absolute atomic E-state index is 6.21. The third-order valence-electron chi connectivity index (χ3n) is 4.19. The summed E-state index contributed by atoms with van der Waals surface area (Å²) in [6, 6.07) is 7.74. The van der Waals surface area contributed by atoms with Crippen LogP contribution in [-0.4, -0.2) is 54.8 Å². The lowest BCUT2D eigenvalue weighted by molar-refractivity contribution is 0.248. The zero-order valence-electron chi connectivity index (χ0n) is 14.6. The molecule has 2 aromatic rings. The lowest BCUT2D eigenvalue weighted by Crippen LogP contribution is -2.46. The number of anilines is 1. The van der Waals surface area contributed by atoms with Crippen LogP contribution in [-0.2, 0) is 6.54 Å². The number of rotatable bonds is 6. The summed E-state index contributed by atoms with van der Waals surface area (Å²) >= 11 is 6.21. The highest BCUT2D eigenvalue weighted by Crippen LogP contribution is 2.25. The molecule has 1 saturated heterocycles. The van der Waals surface area contributed by atoms with Crippen molar-refractivity contribution >= 4 is 17.5 Å². The molecule has 2 heterocycles. The molecule has 1 aromatic heterocycles. The van der Waals surface area contributed by atoms with Crippen LogP contribution in [0.25, 0.3) is 0 Å². The van der Waals surface area contributed by atoms with Crippen molar-refractivity contribution in [2.45, 2.75) is 13.5 Å². The number of aromatic nitrogens is 2. The fraction of sp³-hybridized carbons (Fsp3) is 0.444. The minimum absolute atomic E-state index is 0.606. The third kappa shape index (κ3) is 4.52. The van der Waals surface area contributed by atoms with Gasteiger partial charge in [0.25, 0.3) is 0 Å². The Morgan fingerprint density at radius 1 is 1.16 bits per heavy atom. The van der Waals surface area contributed by atoms with Gasteiger partial charge >= 0.3 is 0 Å². The first-order valence-corrected chi connectivity index (χ1v) is 8.83. The molecule has 3 rings (SSSR count). The van der Waals surface area contributed by atoms with Crippen molar-refractivity contribution in [3.05, 3.63) is 41.0 Å². The predicted molar refractivity (Wildman–Crippen MR) is 98.7 cm³/mol. The molecule has 0 aliphatic carbocycles. The number of piperazine rings is 1. The Morgan fingerprint density at radius 3 is 2.64 bits per heavy atom. The van der Waals surface area contributed by atoms with Crippen molar-refractivity contribution in [2.75, 3.05) is 44.8 Å². The van der Waals surface area contributed by atoms with E-state index in [2.05, 4.69) is 25.8 Å². The van der Waals surface area contributed by atoms with Gasteiger partial charge in [0.2, 0.25) is 11.8 Å². The maximum atomic E-state index is 6.21. The minimum Gasteiger partial charge on any atom is -0.495 e. The molecule has 0 bridgehead atoms. The highest BCUT2D eigenvalue weighted by molar-refractivity contribution is 6.32. The van der Waals surface area contributed by atoms with E-state index in [4.69, 9.17) is 21.1 Å². The second-order valence-electron chi connectivity index (χ2n) is 5.86. The van der Waals surface area contributed by atoms with Gasteiger partial charge in [-0.25, -0.2) is 4.98 Å². The monoisotopic (exact) mass is 362 g/mol. The molecule has 1 aliphatic heterocycles. The molecule has 0 atom stereocenters. The van der Waals surface area contributed by atoms with E-state index >= 15 is 0 Å². The Morgan fingerprint density at radius 2 is 1.96 bits per heavy atom. The van der Waals surface area contributed by atoms with Gasteiger partial charge in [-0.1, -0.05) is 17.7 Å². The molecule has 0 radical (unpaired) electrons. The van der Waals surface area contributed by atoms with Gasteiger partial charge in [0.1, 0.15) is 5.75 Å². The second-order valence-corrected chi connectivity index (χ2v) is 6.27. The molecular formula is C18H23ClN4O2. The van der Waals surface area contributed by atoms with Crippen molar-refractivity contribution in [3.63, 3.8) is 0 Å². The van der Waals surface area contributed by atoms with Crippen molar-refractivity contribution in [3.8, 4) is 11.6 Å². The zero-order valence-corrected chi connectivity index (χ0v) is 15.4. The Bertz CT molecular complexity index is 705. The van der Waals surface area contributed by atoms with Gasteiger partial charge in [0, 0.05) is 45.0 Å². The highest BCUT2D eigenvalue weighted by atomic mass is 35.5. The lowest BCUT2D eigenvalue weighted by Gasteiger charge is -2.34. The van der Waals surface area contributed by atoms with E-state index < -0.39 is 0 Å². The second kappa shape index (κ2) is 8.36. The normalized spacial score (nSPS) is 15.2. The summed E-state index contributed by atoms with van der Waals surface area (Å²) in [6.45, 7) is 7.11. The quantitative estimate of drug-likeness (QED) is 0.787. The van der Waals surface area contributed by atoms with Crippen molar-refractivity contribution in [1.29, 1.82) is 0 Å². The summed E-state index contributed by atoms with van der Waals surface area (Å²) < 4.78 is 10.7. The molecule has 1 fully saturated rings. The molecule has 7 heteroatoms. The van der Waals surface area contributed by atoms with Crippen molar-refractivity contribution in [1.82, 2.24) is 14.9 Å². The standard InChI is InChI=1S/C18H23ClN4O2/c1-3-25-17-6-7-20-18(21-17)23-10-8-22(9-11-23)13-14-4-5-16(24-2)15(19)12-14/h4-7,12H,3,8-11,13H2,1-2H3. The Labute approximate surface area is 153 Å². The molecule has 0 unspecified atom stereocenters. The largest absolute Gasteiger partial charge is 0.495 e. The minimum atomic E-state index is 0.606. The van der Waals surface area contributed by atoms with Crippen molar-refractivity contribution < 1.29 is 9.47 Å². The van der Waals surface area contributed by atoms with E-state index in [1.54, 1.807) is 19.4 Å². The average Bonchev–Trinajstić information content (AvgIpc) is 2.63. The molecular weight excluding hydrogens is 340 g/mol. The van der Waals surface area contributed by atoms with Crippen LogP contribution in [0.2, 0.25) is 5.02 Å². The van der Waals surface area contributed by atoms with Crippen LogP contribution >= 0.6 is 11.6 Å². The number of hydrogen-bond acceptors (Lipinski definition) is 6. The van der Waals surface area contributed by atoms with Gasteiger partial charge < -0.3 is 14.4 Å². The van der Waals surface area contributed by atoms with Crippen LogP contribution in [0, 0.1) is 0 Å². The topological polar surface area (TPSA) is 50.7 Å². The molecule has 0 amide bonds. The van der Waals surface area contributed by atoms with Crippen LogP contribution in [0.1, 0.15) is 12.5 Å². The number of hydrogen-bond donors (Lipinski definition) is 0. The first kappa shape index (κ1) is 17.8. The van der Waals surface area contributed by atoms with Crippen LogP contribution in [0.4, 0.5) is 5.95 Å². The fourth-order valence-electron chi connectivity index (χ4n) is 2.89. The van der Waals surface area contributed by atoms with Gasteiger partial charge in [-0.3, -0.25) is 4.90 Å². The van der Waals surface area contributed by atoms with E-state index in [0.29, 0.717) is 23.3 Å². The van der Waals surface area contributed by atoms with Gasteiger partial charge in [0.15, 0.2) is 0 Å². The smallest absolute Gasteiger partial charge is 0.228 e. The zero-order chi connectivity index (χ0) is 17.6. The summed E-state index contributed by atoms with van der Waals surface area (Å²) in [7, 11) is 1.63. The molecule has 25 heavy (non-hydrogen) atoms. The molecule has 0 spiro atoms. The van der Waals surface area contributed by atoms with E-state index in [0.717, 1.165) is 38.7 Å². The summed E-state index contributed by atoms with van der Waals surface area (Å²) in [6.07, 6.45) is 1.75. The number of benzene rings is 1. The Hall–Kier alpha value is -2.05. The van der Waals surface area contributed by atoms with E-state index in [1.807, 2.05) is 19.1 Å². The van der Waals surface area contributed by atoms with Crippen LogP contribution in [0.3, 0.4) is 0 Å². The first-order chi connectivity index (χ1) is 12.2. The highest BCUT2D eigenvalue weighted by Gasteiger charge is 2.19. The Kier molecular flexibility index (Phi) is 5.94.